The van der Waals surface area contributed by atoms with E-state index in [-0.39, 0.29) is 23.2 Å². The van der Waals surface area contributed by atoms with Gasteiger partial charge in [-0.3, -0.25) is 0 Å². The summed E-state index contributed by atoms with van der Waals surface area (Å²) in [5, 5.41) is -0.634. The van der Waals surface area contributed by atoms with Crippen LogP contribution in [0.4, 0.5) is 4.39 Å². The number of hydrogen-bond acceptors (Lipinski definition) is 4. The summed E-state index contributed by atoms with van der Waals surface area (Å²) in [5.74, 6) is -0.481. The molecular formula is C26H28FNO4S2. The molecule has 3 aromatic carbocycles. The first-order valence-electron chi connectivity index (χ1n) is 11.3. The number of benzene rings is 3. The lowest BCUT2D eigenvalue weighted by atomic mass is 10.0. The number of sulfone groups is 1. The third-order valence-corrected chi connectivity index (χ3v) is 10.6. The summed E-state index contributed by atoms with van der Waals surface area (Å²) in [6.45, 7) is 3.41. The van der Waals surface area contributed by atoms with Crippen LogP contribution >= 0.6 is 0 Å². The summed E-state index contributed by atoms with van der Waals surface area (Å²) >= 11 is 0. The molecule has 0 saturated carbocycles. The number of hydrogen-bond donors (Lipinski definition) is 0. The van der Waals surface area contributed by atoms with Crippen molar-refractivity contribution >= 4 is 19.9 Å². The van der Waals surface area contributed by atoms with E-state index in [4.69, 9.17) is 0 Å². The second-order valence-corrected chi connectivity index (χ2v) is 13.0. The molecule has 2 atom stereocenters. The predicted molar refractivity (Wildman–Crippen MR) is 132 cm³/mol. The summed E-state index contributed by atoms with van der Waals surface area (Å²) in [4.78, 5) is 0.230. The molecule has 0 aliphatic carbocycles. The first kappa shape index (κ1) is 24.6. The Bertz CT molecular complexity index is 1370. The minimum Gasteiger partial charge on any atom is -0.224 e. The van der Waals surface area contributed by atoms with Crippen LogP contribution in [0.15, 0.2) is 77.7 Å². The van der Waals surface area contributed by atoms with Gasteiger partial charge in [-0.25, -0.2) is 21.2 Å². The van der Waals surface area contributed by atoms with Crippen molar-refractivity contribution in [1.82, 2.24) is 4.31 Å². The topological polar surface area (TPSA) is 71.5 Å². The molecule has 1 heterocycles. The lowest BCUT2D eigenvalue weighted by molar-refractivity contribution is 0.279. The quantitative estimate of drug-likeness (QED) is 0.457. The number of rotatable bonds is 6. The standard InChI is InChI=1S/C26H28FNO4S2/c1-3-33(29,30)24-14-12-20(13-15-24)22-10-11-23(25(27)17-22)18-28-19(2)9-16-26(34(28,31)32)21-7-5-4-6-8-21/h4-8,10-15,17,19,26H,3,9,16,18H2,1-2H3/t19-,26?/m0/s1. The van der Waals surface area contributed by atoms with E-state index in [1.165, 1.54) is 22.5 Å². The van der Waals surface area contributed by atoms with Gasteiger partial charge >= 0.3 is 0 Å². The summed E-state index contributed by atoms with van der Waals surface area (Å²) in [5.41, 5.74) is 2.34. The Morgan fingerprint density at radius 1 is 0.941 bits per heavy atom. The van der Waals surface area contributed by atoms with Gasteiger partial charge in [0, 0.05) is 18.2 Å². The van der Waals surface area contributed by atoms with Crippen molar-refractivity contribution in [2.75, 3.05) is 5.75 Å². The summed E-state index contributed by atoms with van der Waals surface area (Å²) < 4.78 is 67.4. The second-order valence-electron chi connectivity index (χ2n) is 8.65. The van der Waals surface area contributed by atoms with Gasteiger partial charge in [-0.2, -0.15) is 4.31 Å². The Balaban J connectivity index is 1.58. The smallest absolute Gasteiger partial charge is 0.221 e. The molecule has 0 N–H and O–H groups in total. The van der Waals surface area contributed by atoms with E-state index in [1.54, 1.807) is 31.2 Å². The molecule has 1 aliphatic rings. The van der Waals surface area contributed by atoms with E-state index in [2.05, 4.69) is 0 Å². The van der Waals surface area contributed by atoms with Gasteiger partial charge in [-0.1, -0.05) is 61.5 Å². The highest BCUT2D eigenvalue weighted by atomic mass is 32.2. The average molecular weight is 502 g/mol. The van der Waals surface area contributed by atoms with Crippen molar-refractivity contribution < 1.29 is 21.2 Å². The van der Waals surface area contributed by atoms with Crippen LogP contribution in [0.1, 0.15) is 43.1 Å². The highest BCUT2D eigenvalue weighted by Gasteiger charge is 2.40. The maximum atomic E-state index is 15.1. The van der Waals surface area contributed by atoms with E-state index in [0.717, 1.165) is 5.56 Å². The molecule has 3 aromatic rings. The maximum Gasteiger partial charge on any atom is 0.221 e. The van der Waals surface area contributed by atoms with Gasteiger partial charge in [0.25, 0.3) is 0 Å². The Morgan fingerprint density at radius 3 is 2.21 bits per heavy atom. The Morgan fingerprint density at radius 2 is 1.59 bits per heavy atom. The molecule has 1 aliphatic heterocycles. The van der Waals surface area contributed by atoms with Crippen LogP contribution in [-0.4, -0.2) is 32.9 Å². The van der Waals surface area contributed by atoms with Crippen LogP contribution < -0.4 is 0 Å². The third-order valence-electron chi connectivity index (χ3n) is 6.50. The minimum absolute atomic E-state index is 0.0125. The van der Waals surface area contributed by atoms with Crippen LogP contribution in [0, 0.1) is 5.82 Å². The van der Waals surface area contributed by atoms with Crippen molar-refractivity contribution in [2.45, 2.75) is 49.4 Å². The molecule has 0 spiro atoms. The largest absolute Gasteiger partial charge is 0.224 e. The Kier molecular flexibility index (Phi) is 6.94. The molecule has 5 nitrogen and oxygen atoms in total. The molecule has 4 rings (SSSR count). The van der Waals surface area contributed by atoms with Crippen LogP contribution in [0.25, 0.3) is 11.1 Å². The minimum atomic E-state index is -3.66. The number of halogens is 1. The summed E-state index contributed by atoms with van der Waals surface area (Å²) in [6.07, 6.45) is 1.24. The maximum absolute atomic E-state index is 15.1. The monoisotopic (exact) mass is 501 g/mol. The van der Waals surface area contributed by atoms with Gasteiger partial charge in [-0.15, -0.1) is 0 Å². The first-order chi connectivity index (χ1) is 16.1. The molecule has 8 heteroatoms. The molecule has 34 heavy (non-hydrogen) atoms. The van der Waals surface area contributed by atoms with Gasteiger partial charge in [0.15, 0.2) is 9.84 Å². The predicted octanol–water partition coefficient (Wildman–Crippen LogP) is 5.34. The molecular weight excluding hydrogens is 473 g/mol. The van der Waals surface area contributed by atoms with E-state index in [1.807, 2.05) is 37.3 Å². The van der Waals surface area contributed by atoms with Crippen molar-refractivity contribution in [3.63, 3.8) is 0 Å². The summed E-state index contributed by atoms with van der Waals surface area (Å²) in [7, 11) is -6.96. The van der Waals surface area contributed by atoms with Gasteiger partial charge in [-0.05, 0) is 54.7 Å². The molecule has 0 bridgehead atoms. The lowest BCUT2D eigenvalue weighted by Gasteiger charge is -2.37. The molecule has 0 amide bonds. The van der Waals surface area contributed by atoms with E-state index in [9.17, 15) is 16.8 Å². The van der Waals surface area contributed by atoms with Crippen LogP contribution in [0.2, 0.25) is 0 Å². The fourth-order valence-electron chi connectivity index (χ4n) is 4.40. The van der Waals surface area contributed by atoms with Crippen LogP contribution in [-0.2, 0) is 26.4 Å². The van der Waals surface area contributed by atoms with E-state index >= 15 is 4.39 Å². The Hall–Kier alpha value is -2.55. The van der Waals surface area contributed by atoms with Crippen LogP contribution in [0.3, 0.4) is 0 Å². The Labute approximate surface area is 201 Å². The van der Waals surface area contributed by atoms with Gasteiger partial charge in [0.1, 0.15) is 11.1 Å². The number of sulfonamides is 1. The molecule has 1 saturated heterocycles. The van der Waals surface area contributed by atoms with Gasteiger partial charge < -0.3 is 0 Å². The van der Waals surface area contributed by atoms with Crippen molar-refractivity contribution in [3.8, 4) is 11.1 Å². The highest BCUT2D eigenvalue weighted by molar-refractivity contribution is 7.91. The zero-order valence-corrected chi connectivity index (χ0v) is 20.8. The van der Waals surface area contributed by atoms with Gasteiger partial charge in [0.05, 0.1) is 10.6 Å². The average Bonchev–Trinajstić information content (AvgIpc) is 2.83. The SMILES string of the molecule is CCS(=O)(=O)c1ccc(-c2ccc(CN3[C@@H](C)CCC(c4ccccc4)S3(=O)=O)c(F)c2)cc1. The molecule has 1 unspecified atom stereocenters. The van der Waals surface area contributed by atoms with E-state index in [0.29, 0.717) is 29.5 Å². The third kappa shape index (κ3) is 4.80. The van der Waals surface area contributed by atoms with Gasteiger partial charge in [0.2, 0.25) is 10.0 Å². The molecule has 1 fully saturated rings. The van der Waals surface area contributed by atoms with E-state index < -0.39 is 30.9 Å². The first-order valence-corrected chi connectivity index (χ1v) is 14.5. The lowest BCUT2D eigenvalue weighted by Crippen LogP contribution is -2.44. The number of nitrogens with zero attached hydrogens (tertiary/aromatic N) is 1. The van der Waals surface area contributed by atoms with Crippen molar-refractivity contribution in [3.05, 3.63) is 89.7 Å². The normalized spacial score (nSPS) is 20.8. The molecule has 0 radical (unpaired) electrons. The van der Waals surface area contributed by atoms with Crippen molar-refractivity contribution in [2.24, 2.45) is 0 Å². The molecule has 0 aromatic heterocycles. The zero-order chi connectivity index (χ0) is 24.5. The fraction of sp³-hybridized carbons (Fsp3) is 0.308. The molecule has 180 valence electrons. The summed E-state index contributed by atoms with van der Waals surface area (Å²) in [6, 6.07) is 20.0. The highest BCUT2D eigenvalue weighted by Crippen LogP contribution is 2.38. The second kappa shape index (κ2) is 9.60. The van der Waals surface area contributed by atoms with Crippen LogP contribution in [0.5, 0.6) is 0 Å². The zero-order valence-electron chi connectivity index (χ0n) is 19.2. The van der Waals surface area contributed by atoms with Crippen molar-refractivity contribution in [1.29, 1.82) is 0 Å². The fourth-order valence-corrected chi connectivity index (χ4v) is 7.47.